The summed E-state index contributed by atoms with van der Waals surface area (Å²) in [6, 6.07) is 0. The minimum absolute atomic E-state index is 0.152. The van der Waals surface area contributed by atoms with Gasteiger partial charge < -0.3 is 56.8 Å². The Morgan fingerprint density at radius 3 is 1.00 bits per heavy atom. The van der Waals surface area contributed by atoms with Crippen LogP contribution in [0.5, 0.6) is 0 Å². The van der Waals surface area contributed by atoms with Crippen LogP contribution in [0.25, 0.3) is 0 Å². The van der Waals surface area contributed by atoms with Crippen LogP contribution in [0, 0.1) is 0 Å². The molecule has 0 aromatic heterocycles. The molecule has 0 fully saturated rings. The van der Waals surface area contributed by atoms with E-state index >= 15 is 0 Å². The Kier molecular flexibility index (Phi) is 39.7. The molecule has 0 rings (SSSR count). The second kappa shape index (κ2) is 40.8. The number of carbonyl (C=O) groups excluding carboxylic acids is 1. The first-order valence-electron chi connectivity index (χ1n) is 16.4. The first-order chi connectivity index (χ1) is 22.3. The third-order valence-corrected chi connectivity index (χ3v) is 5.68. The zero-order chi connectivity index (χ0) is 32.6. The maximum Gasteiger partial charge on any atom is 0.305 e. The van der Waals surface area contributed by atoms with Gasteiger partial charge >= 0.3 is 5.97 Å². The lowest BCUT2D eigenvalue weighted by Crippen LogP contribution is -2.15. The highest BCUT2D eigenvalue weighted by Crippen LogP contribution is 2.03. The highest BCUT2D eigenvalue weighted by atomic mass is 16.6. The first kappa shape index (κ1) is 43.8. The minimum atomic E-state index is -0.152. The summed E-state index contributed by atoms with van der Waals surface area (Å²) in [6.45, 7) is 17.1. The van der Waals surface area contributed by atoms with Gasteiger partial charge in [-0.1, -0.05) is 32.3 Å². The summed E-state index contributed by atoms with van der Waals surface area (Å²) < 4.78 is 64.7. The van der Waals surface area contributed by atoms with E-state index in [2.05, 4.69) is 13.5 Å². The molecule has 268 valence electrons. The molecule has 0 aliphatic rings. The Morgan fingerprint density at radius 2 is 0.711 bits per heavy atom. The molecule has 0 atom stereocenters. The average Bonchev–Trinajstić information content (AvgIpc) is 3.05. The Morgan fingerprint density at radius 1 is 0.422 bits per heavy atom. The summed E-state index contributed by atoms with van der Waals surface area (Å²) in [5.41, 5.74) is 0. The zero-order valence-corrected chi connectivity index (χ0v) is 27.9. The van der Waals surface area contributed by atoms with Crippen molar-refractivity contribution in [3.8, 4) is 0 Å². The Hall–Kier alpha value is -1.23. The predicted octanol–water partition coefficient (Wildman–Crippen LogP) is 2.87. The lowest BCUT2D eigenvalue weighted by Gasteiger charge is -2.09. The van der Waals surface area contributed by atoms with Crippen molar-refractivity contribution in [3.63, 3.8) is 0 Å². The topological polar surface area (TPSA) is 128 Å². The van der Waals surface area contributed by atoms with Crippen LogP contribution in [-0.2, 0) is 61.6 Å². The van der Waals surface area contributed by atoms with Crippen LogP contribution < -0.4 is 0 Å². The average molecular weight is 655 g/mol. The monoisotopic (exact) mass is 654 g/mol. The lowest BCUT2D eigenvalue weighted by molar-refractivity contribution is -0.145. The van der Waals surface area contributed by atoms with Crippen molar-refractivity contribution in [2.24, 2.45) is 0 Å². The van der Waals surface area contributed by atoms with Gasteiger partial charge in [0.2, 0.25) is 0 Å². The third-order valence-electron chi connectivity index (χ3n) is 5.68. The van der Waals surface area contributed by atoms with Gasteiger partial charge in [-0.05, 0) is 6.42 Å². The molecule has 0 aliphatic carbocycles. The summed E-state index contributed by atoms with van der Waals surface area (Å²) in [7, 11) is 0. The second-order valence-electron chi connectivity index (χ2n) is 9.52. The van der Waals surface area contributed by atoms with E-state index in [0.717, 1.165) is 25.7 Å². The maximum atomic E-state index is 11.5. The van der Waals surface area contributed by atoms with E-state index in [0.29, 0.717) is 152 Å². The van der Waals surface area contributed by atoms with Gasteiger partial charge in [0.25, 0.3) is 0 Å². The molecule has 0 aromatic rings. The van der Waals surface area contributed by atoms with Crippen LogP contribution in [0.15, 0.2) is 12.7 Å². The van der Waals surface area contributed by atoms with Crippen LogP contribution in [0.3, 0.4) is 0 Å². The van der Waals surface area contributed by atoms with Crippen LogP contribution in [0.1, 0.15) is 39.0 Å². The van der Waals surface area contributed by atoms with Crippen LogP contribution in [-0.4, -0.2) is 158 Å². The van der Waals surface area contributed by atoms with E-state index in [-0.39, 0.29) is 12.6 Å². The fourth-order valence-electron chi connectivity index (χ4n) is 3.35. The first-order valence-corrected chi connectivity index (χ1v) is 16.4. The van der Waals surface area contributed by atoms with Gasteiger partial charge in [0.1, 0.15) is 6.61 Å². The maximum absolute atomic E-state index is 11.5. The summed E-state index contributed by atoms with van der Waals surface area (Å²) in [5, 5.41) is 0. The summed E-state index contributed by atoms with van der Waals surface area (Å²) in [6.07, 6.45) is 6.47. The van der Waals surface area contributed by atoms with Gasteiger partial charge in [0.15, 0.2) is 0 Å². The number of hydrogen-bond acceptors (Lipinski definition) is 13. The van der Waals surface area contributed by atoms with Crippen molar-refractivity contribution >= 4 is 5.97 Å². The van der Waals surface area contributed by atoms with Gasteiger partial charge in [-0.3, -0.25) is 4.79 Å². The second-order valence-corrected chi connectivity index (χ2v) is 9.52. The third kappa shape index (κ3) is 40.7. The number of hydrogen-bond donors (Lipinski definition) is 0. The van der Waals surface area contributed by atoms with E-state index in [1.54, 1.807) is 6.08 Å². The smallest absolute Gasteiger partial charge is 0.305 e. The molecule has 13 heteroatoms. The fourth-order valence-corrected chi connectivity index (χ4v) is 3.35. The lowest BCUT2D eigenvalue weighted by atomic mass is 10.2. The molecule has 45 heavy (non-hydrogen) atoms. The standard InChI is InChI=1S/C32H62O13/c1-3-5-6-7-8-32(33)45-31-30-44-29-28-43-27-26-42-25-24-41-23-22-40-21-20-39-19-18-38-17-16-37-15-14-36-13-12-35-11-10-34-9-4-2/h4H,2-3,5-31H2,1H3. The molecule has 0 saturated carbocycles. The van der Waals surface area contributed by atoms with Crippen LogP contribution in [0.2, 0.25) is 0 Å². The predicted molar refractivity (Wildman–Crippen MR) is 169 cm³/mol. The van der Waals surface area contributed by atoms with Crippen molar-refractivity contribution in [2.45, 2.75) is 39.0 Å². The van der Waals surface area contributed by atoms with Crippen molar-refractivity contribution in [3.05, 3.63) is 12.7 Å². The largest absolute Gasteiger partial charge is 0.463 e. The van der Waals surface area contributed by atoms with Crippen LogP contribution >= 0.6 is 0 Å². The molecule has 0 unspecified atom stereocenters. The summed E-state index contributed by atoms with van der Waals surface area (Å²) >= 11 is 0. The molecular formula is C32H62O13. The van der Waals surface area contributed by atoms with Gasteiger partial charge in [-0.2, -0.15) is 0 Å². The van der Waals surface area contributed by atoms with Crippen molar-refractivity contribution in [2.75, 3.05) is 152 Å². The summed E-state index contributed by atoms with van der Waals surface area (Å²) in [5.74, 6) is -0.152. The van der Waals surface area contributed by atoms with Gasteiger partial charge in [-0.25, -0.2) is 0 Å². The molecule has 0 N–H and O–H groups in total. The molecule has 13 nitrogen and oxygen atoms in total. The van der Waals surface area contributed by atoms with Gasteiger partial charge in [0, 0.05) is 6.42 Å². The molecule has 0 aromatic carbocycles. The Bertz CT molecular complexity index is 583. The Balaban J connectivity index is 3.08. The molecule has 0 bridgehead atoms. The number of rotatable bonds is 40. The number of carbonyl (C=O) groups is 1. The molecule has 0 saturated heterocycles. The molecule has 0 radical (unpaired) electrons. The number of ether oxygens (including phenoxy) is 12. The molecule has 0 heterocycles. The van der Waals surface area contributed by atoms with Crippen molar-refractivity contribution < 1.29 is 61.6 Å². The quantitative estimate of drug-likeness (QED) is 0.0546. The molecule has 0 amide bonds. The van der Waals surface area contributed by atoms with Crippen molar-refractivity contribution in [1.82, 2.24) is 0 Å². The SMILES string of the molecule is C=CCOCCOCCOCCOCCOCCOCCOCCOCCOCCOCCOCCOC(=O)CCCCCC. The fraction of sp³-hybridized carbons (Fsp3) is 0.906. The van der Waals surface area contributed by atoms with E-state index < -0.39 is 0 Å². The Labute approximate surface area is 271 Å². The van der Waals surface area contributed by atoms with Gasteiger partial charge in [-0.15, -0.1) is 6.58 Å². The van der Waals surface area contributed by atoms with Crippen LogP contribution in [0.4, 0.5) is 0 Å². The van der Waals surface area contributed by atoms with E-state index in [1.165, 1.54) is 0 Å². The van der Waals surface area contributed by atoms with E-state index in [4.69, 9.17) is 56.8 Å². The highest BCUT2D eigenvalue weighted by molar-refractivity contribution is 5.69. The molecule has 0 aliphatic heterocycles. The summed E-state index contributed by atoms with van der Waals surface area (Å²) in [4.78, 5) is 11.5. The zero-order valence-electron chi connectivity index (χ0n) is 27.9. The number of esters is 1. The normalized spacial score (nSPS) is 11.3. The number of unbranched alkanes of at least 4 members (excludes halogenated alkanes) is 3. The minimum Gasteiger partial charge on any atom is -0.463 e. The van der Waals surface area contributed by atoms with E-state index in [9.17, 15) is 4.79 Å². The molecular weight excluding hydrogens is 592 g/mol. The van der Waals surface area contributed by atoms with E-state index in [1.807, 2.05) is 0 Å². The highest BCUT2D eigenvalue weighted by Gasteiger charge is 2.02. The van der Waals surface area contributed by atoms with Crippen molar-refractivity contribution in [1.29, 1.82) is 0 Å². The van der Waals surface area contributed by atoms with Gasteiger partial charge in [0.05, 0.1) is 145 Å². The molecule has 0 spiro atoms.